The second-order valence-electron chi connectivity index (χ2n) is 4.01. The summed E-state index contributed by atoms with van der Waals surface area (Å²) in [6.45, 7) is 0. The first kappa shape index (κ1) is 11.3. The molecule has 1 aliphatic rings. The van der Waals surface area contributed by atoms with Gasteiger partial charge in [0.15, 0.2) is 0 Å². The van der Waals surface area contributed by atoms with Gasteiger partial charge in [0.1, 0.15) is 5.82 Å². The predicted molar refractivity (Wildman–Crippen MR) is 65.7 cm³/mol. The first-order valence-corrected chi connectivity index (χ1v) is 5.53. The SMILES string of the molecule is O=C1NC(=O)c2cc(Nc3cccc(F)n3)ccc21. The Morgan fingerprint density at radius 3 is 2.63 bits per heavy atom. The van der Waals surface area contributed by atoms with Crippen molar-refractivity contribution >= 4 is 23.3 Å². The molecule has 0 fully saturated rings. The highest BCUT2D eigenvalue weighted by Crippen LogP contribution is 2.22. The molecule has 0 atom stereocenters. The highest BCUT2D eigenvalue weighted by molar-refractivity contribution is 6.21. The zero-order valence-electron chi connectivity index (χ0n) is 9.61. The van der Waals surface area contributed by atoms with Crippen LogP contribution in [-0.4, -0.2) is 16.8 Å². The Morgan fingerprint density at radius 1 is 1.05 bits per heavy atom. The van der Waals surface area contributed by atoms with Crippen LogP contribution in [0.3, 0.4) is 0 Å². The number of rotatable bonds is 2. The van der Waals surface area contributed by atoms with Gasteiger partial charge in [-0.05, 0) is 30.3 Å². The van der Waals surface area contributed by atoms with Crippen LogP contribution < -0.4 is 10.6 Å². The second-order valence-corrected chi connectivity index (χ2v) is 4.01. The smallest absolute Gasteiger partial charge is 0.259 e. The molecule has 0 radical (unpaired) electrons. The summed E-state index contributed by atoms with van der Waals surface area (Å²) in [7, 11) is 0. The largest absolute Gasteiger partial charge is 0.340 e. The van der Waals surface area contributed by atoms with Crippen LogP contribution in [0.5, 0.6) is 0 Å². The van der Waals surface area contributed by atoms with E-state index in [-0.39, 0.29) is 0 Å². The van der Waals surface area contributed by atoms with Gasteiger partial charge in [0.05, 0.1) is 11.1 Å². The molecule has 0 aliphatic carbocycles. The van der Waals surface area contributed by atoms with Crippen LogP contribution in [0.4, 0.5) is 15.9 Å². The average molecular weight is 257 g/mol. The van der Waals surface area contributed by atoms with Gasteiger partial charge < -0.3 is 5.32 Å². The van der Waals surface area contributed by atoms with E-state index in [1.807, 2.05) is 0 Å². The van der Waals surface area contributed by atoms with Gasteiger partial charge in [-0.15, -0.1) is 0 Å². The molecule has 0 bridgehead atoms. The van der Waals surface area contributed by atoms with E-state index < -0.39 is 17.8 Å². The maximum absolute atomic E-state index is 12.9. The van der Waals surface area contributed by atoms with Crippen LogP contribution in [-0.2, 0) is 0 Å². The standard InChI is InChI=1S/C13H8FN3O2/c14-10-2-1-3-11(16-10)15-7-4-5-8-9(6-7)13(19)17-12(8)18/h1-6H,(H,15,16)(H,17,18,19). The number of anilines is 2. The molecule has 0 unspecified atom stereocenters. The maximum atomic E-state index is 12.9. The lowest BCUT2D eigenvalue weighted by molar-refractivity contribution is 0.0879. The maximum Gasteiger partial charge on any atom is 0.259 e. The number of halogens is 1. The van der Waals surface area contributed by atoms with Crippen molar-refractivity contribution < 1.29 is 14.0 Å². The Morgan fingerprint density at radius 2 is 1.84 bits per heavy atom. The van der Waals surface area contributed by atoms with Gasteiger partial charge in [0.2, 0.25) is 5.95 Å². The van der Waals surface area contributed by atoms with Crippen LogP contribution in [0.1, 0.15) is 20.7 Å². The molecular weight excluding hydrogens is 249 g/mol. The Labute approximate surface area is 107 Å². The van der Waals surface area contributed by atoms with Crippen LogP contribution >= 0.6 is 0 Å². The Bertz CT molecular complexity index is 700. The summed E-state index contributed by atoms with van der Waals surface area (Å²) in [5.74, 6) is -1.12. The molecule has 2 amide bonds. The monoisotopic (exact) mass is 257 g/mol. The summed E-state index contributed by atoms with van der Waals surface area (Å²) in [6, 6.07) is 9.05. The number of nitrogens with one attached hydrogen (secondary N) is 2. The summed E-state index contributed by atoms with van der Waals surface area (Å²) in [5, 5.41) is 5.07. The summed E-state index contributed by atoms with van der Waals surface area (Å²) in [6.07, 6.45) is 0. The molecule has 2 aromatic rings. The number of aromatic nitrogens is 1. The first-order valence-electron chi connectivity index (χ1n) is 5.53. The minimum Gasteiger partial charge on any atom is -0.340 e. The molecule has 19 heavy (non-hydrogen) atoms. The van der Waals surface area contributed by atoms with Crippen molar-refractivity contribution in [3.8, 4) is 0 Å². The van der Waals surface area contributed by atoms with Crippen LogP contribution in [0, 0.1) is 5.95 Å². The number of pyridine rings is 1. The van der Waals surface area contributed by atoms with Crippen LogP contribution in [0.15, 0.2) is 36.4 Å². The lowest BCUT2D eigenvalue weighted by atomic mass is 10.1. The van der Waals surface area contributed by atoms with Crippen molar-refractivity contribution in [3.05, 3.63) is 53.5 Å². The van der Waals surface area contributed by atoms with E-state index in [1.54, 1.807) is 12.1 Å². The highest BCUT2D eigenvalue weighted by atomic mass is 19.1. The summed E-state index contributed by atoms with van der Waals surface area (Å²) in [5.41, 5.74) is 1.19. The molecular formula is C13H8FN3O2. The quantitative estimate of drug-likeness (QED) is 0.636. The minimum absolute atomic E-state index is 0.298. The van der Waals surface area contributed by atoms with E-state index in [2.05, 4.69) is 15.6 Å². The summed E-state index contributed by atoms with van der Waals surface area (Å²) >= 11 is 0. The Kier molecular flexibility index (Phi) is 2.49. The zero-order valence-corrected chi connectivity index (χ0v) is 9.61. The van der Waals surface area contributed by atoms with E-state index in [0.29, 0.717) is 22.6 Å². The normalized spacial score (nSPS) is 13.1. The molecule has 0 spiro atoms. The predicted octanol–water partition coefficient (Wildman–Crippen LogP) is 1.85. The number of carbonyl (C=O) groups is 2. The molecule has 1 aliphatic heterocycles. The van der Waals surface area contributed by atoms with E-state index in [1.165, 1.54) is 24.3 Å². The molecule has 5 nitrogen and oxygen atoms in total. The molecule has 6 heteroatoms. The number of benzene rings is 1. The molecule has 2 heterocycles. The molecule has 94 valence electrons. The van der Waals surface area contributed by atoms with Gasteiger partial charge in [-0.25, -0.2) is 4.98 Å². The van der Waals surface area contributed by atoms with Crippen molar-refractivity contribution in [2.75, 3.05) is 5.32 Å². The third-order valence-corrected chi connectivity index (χ3v) is 2.72. The number of nitrogens with zero attached hydrogens (tertiary/aromatic N) is 1. The number of carbonyl (C=O) groups excluding carboxylic acids is 2. The Balaban J connectivity index is 1.93. The van der Waals surface area contributed by atoms with Crippen molar-refractivity contribution in [1.29, 1.82) is 0 Å². The second kappa shape index (κ2) is 4.16. The molecule has 0 saturated carbocycles. The topological polar surface area (TPSA) is 71.1 Å². The van der Waals surface area contributed by atoms with Crippen LogP contribution in [0.25, 0.3) is 0 Å². The molecule has 2 N–H and O–H groups in total. The lowest BCUT2D eigenvalue weighted by Gasteiger charge is -2.06. The fraction of sp³-hybridized carbons (Fsp3) is 0. The molecule has 0 saturated heterocycles. The average Bonchev–Trinajstić information content (AvgIpc) is 2.65. The van der Waals surface area contributed by atoms with E-state index >= 15 is 0 Å². The summed E-state index contributed by atoms with van der Waals surface area (Å²) in [4.78, 5) is 26.5. The third-order valence-electron chi connectivity index (χ3n) is 2.72. The van der Waals surface area contributed by atoms with E-state index in [9.17, 15) is 14.0 Å². The van der Waals surface area contributed by atoms with E-state index in [0.717, 1.165) is 0 Å². The molecule has 3 rings (SSSR count). The fourth-order valence-corrected chi connectivity index (χ4v) is 1.87. The zero-order chi connectivity index (χ0) is 13.4. The molecule has 1 aromatic carbocycles. The van der Waals surface area contributed by atoms with Crippen molar-refractivity contribution in [2.45, 2.75) is 0 Å². The van der Waals surface area contributed by atoms with Gasteiger partial charge in [0.25, 0.3) is 11.8 Å². The van der Waals surface area contributed by atoms with Gasteiger partial charge in [-0.3, -0.25) is 14.9 Å². The van der Waals surface area contributed by atoms with E-state index in [4.69, 9.17) is 0 Å². The third kappa shape index (κ3) is 2.03. The number of hydrogen-bond donors (Lipinski definition) is 2. The van der Waals surface area contributed by atoms with Crippen molar-refractivity contribution in [3.63, 3.8) is 0 Å². The molecule has 1 aromatic heterocycles. The Hall–Kier alpha value is -2.76. The number of amides is 2. The number of imide groups is 1. The minimum atomic E-state index is -0.598. The van der Waals surface area contributed by atoms with Crippen molar-refractivity contribution in [1.82, 2.24) is 10.3 Å². The van der Waals surface area contributed by atoms with Gasteiger partial charge in [-0.1, -0.05) is 6.07 Å². The number of hydrogen-bond acceptors (Lipinski definition) is 4. The number of fused-ring (bicyclic) bond motifs is 1. The van der Waals surface area contributed by atoms with Gasteiger partial charge >= 0.3 is 0 Å². The highest BCUT2D eigenvalue weighted by Gasteiger charge is 2.26. The van der Waals surface area contributed by atoms with Gasteiger partial charge in [-0.2, -0.15) is 4.39 Å². The van der Waals surface area contributed by atoms with Crippen LogP contribution in [0.2, 0.25) is 0 Å². The van der Waals surface area contributed by atoms with Crippen molar-refractivity contribution in [2.24, 2.45) is 0 Å². The fourth-order valence-electron chi connectivity index (χ4n) is 1.87. The summed E-state index contributed by atoms with van der Waals surface area (Å²) < 4.78 is 12.9. The van der Waals surface area contributed by atoms with Gasteiger partial charge in [0, 0.05) is 5.69 Å². The first-order chi connectivity index (χ1) is 9.13. The lowest BCUT2D eigenvalue weighted by Crippen LogP contribution is -2.19.